The first kappa shape index (κ1) is 16.2. The number of hydrogen-bond acceptors (Lipinski definition) is 6. The number of nitrogens with zero attached hydrogens (tertiary/aromatic N) is 2. The summed E-state index contributed by atoms with van der Waals surface area (Å²) in [5.41, 5.74) is 1.52. The molecule has 3 heterocycles. The Morgan fingerprint density at radius 2 is 2.17 bits per heavy atom. The molecule has 1 N–H and O–H groups in total. The summed E-state index contributed by atoms with van der Waals surface area (Å²) in [6, 6.07) is 3.28. The van der Waals surface area contributed by atoms with E-state index in [1.807, 2.05) is 0 Å². The van der Waals surface area contributed by atoms with Crippen molar-refractivity contribution >= 4 is 27.3 Å². The molecule has 1 aliphatic rings. The van der Waals surface area contributed by atoms with E-state index in [0.29, 0.717) is 17.9 Å². The number of aryl methyl sites for hydroxylation is 2. The molecule has 1 unspecified atom stereocenters. The minimum atomic E-state index is -3.66. The number of sulfonamides is 1. The van der Waals surface area contributed by atoms with Crippen LogP contribution in [-0.2, 0) is 14.8 Å². The zero-order valence-electron chi connectivity index (χ0n) is 12.6. The molecule has 1 aliphatic heterocycles. The molecule has 0 spiro atoms. The van der Waals surface area contributed by atoms with Gasteiger partial charge in [-0.3, -0.25) is 4.79 Å². The summed E-state index contributed by atoms with van der Waals surface area (Å²) in [5, 5.41) is 12.9. The fourth-order valence-corrected chi connectivity index (χ4v) is 5.81. The summed E-state index contributed by atoms with van der Waals surface area (Å²) in [6.45, 7) is 3.84. The molecule has 0 amide bonds. The van der Waals surface area contributed by atoms with Crippen molar-refractivity contribution in [3.63, 3.8) is 0 Å². The molecule has 3 rings (SSSR count). The van der Waals surface area contributed by atoms with Gasteiger partial charge in [0.05, 0.1) is 17.2 Å². The third kappa shape index (κ3) is 2.79. The van der Waals surface area contributed by atoms with Crippen LogP contribution in [0, 0.1) is 19.8 Å². The van der Waals surface area contributed by atoms with Crippen molar-refractivity contribution in [2.45, 2.75) is 24.5 Å². The number of carboxylic acid groups (broad SMARTS) is 1. The van der Waals surface area contributed by atoms with Crippen molar-refractivity contribution in [2.24, 2.45) is 5.92 Å². The van der Waals surface area contributed by atoms with Crippen LogP contribution in [0.15, 0.2) is 20.9 Å². The number of carboxylic acids is 1. The summed E-state index contributed by atoms with van der Waals surface area (Å²) >= 11 is 1.15. The molecule has 1 saturated heterocycles. The first-order chi connectivity index (χ1) is 10.8. The van der Waals surface area contributed by atoms with Gasteiger partial charge in [0.2, 0.25) is 0 Å². The summed E-state index contributed by atoms with van der Waals surface area (Å²) < 4.78 is 31.9. The average molecular weight is 356 g/mol. The van der Waals surface area contributed by atoms with Gasteiger partial charge in [0, 0.05) is 18.0 Å². The smallest absolute Gasteiger partial charge is 0.307 e. The van der Waals surface area contributed by atoms with E-state index in [9.17, 15) is 13.2 Å². The molecule has 1 atom stereocenters. The molecule has 9 heteroatoms. The van der Waals surface area contributed by atoms with Crippen LogP contribution in [0.5, 0.6) is 0 Å². The highest BCUT2D eigenvalue weighted by molar-refractivity contribution is 7.91. The fraction of sp³-hybridized carbons (Fsp3) is 0.429. The molecule has 0 radical (unpaired) electrons. The second kappa shape index (κ2) is 5.73. The van der Waals surface area contributed by atoms with E-state index in [1.165, 1.54) is 4.31 Å². The van der Waals surface area contributed by atoms with Crippen LogP contribution in [0.4, 0.5) is 0 Å². The molecule has 23 heavy (non-hydrogen) atoms. The van der Waals surface area contributed by atoms with Crippen LogP contribution in [-0.4, -0.2) is 42.0 Å². The van der Waals surface area contributed by atoms with E-state index in [0.717, 1.165) is 21.8 Å². The van der Waals surface area contributed by atoms with Crippen molar-refractivity contribution in [3.8, 4) is 10.4 Å². The summed E-state index contributed by atoms with van der Waals surface area (Å²) in [7, 11) is -3.66. The number of hydrogen-bond donors (Lipinski definition) is 1. The average Bonchev–Trinajstić information content (AvgIpc) is 3.18. The molecule has 0 saturated carbocycles. The fourth-order valence-electron chi connectivity index (χ4n) is 2.70. The molecule has 7 nitrogen and oxygen atoms in total. The summed E-state index contributed by atoms with van der Waals surface area (Å²) in [6.07, 6.45) is 0.344. The first-order valence-electron chi connectivity index (χ1n) is 7.06. The van der Waals surface area contributed by atoms with Gasteiger partial charge >= 0.3 is 5.97 Å². The number of aliphatic carboxylic acids is 1. The first-order valence-corrected chi connectivity index (χ1v) is 9.32. The minimum Gasteiger partial charge on any atom is -0.481 e. The van der Waals surface area contributed by atoms with E-state index in [-0.39, 0.29) is 17.3 Å². The van der Waals surface area contributed by atoms with Crippen LogP contribution >= 0.6 is 11.3 Å². The topological polar surface area (TPSA) is 101 Å². The lowest BCUT2D eigenvalue weighted by Gasteiger charge is -2.14. The number of thiophene rings is 1. The quantitative estimate of drug-likeness (QED) is 0.900. The maximum absolute atomic E-state index is 12.7. The van der Waals surface area contributed by atoms with Gasteiger partial charge in [-0.1, -0.05) is 5.16 Å². The molecule has 0 aromatic carbocycles. The normalized spacial score (nSPS) is 19.3. The predicted molar refractivity (Wildman–Crippen MR) is 83.8 cm³/mol. The lowest BCUT2D eigenvalue weighted by molar-refractivity contribution is -0.141. The number of carbonyl (C=O) groups is 1. The highest BCUT2D eigenvalue weighted by Gasteiger charge is 2.36. The second-order valence-corrected chi connectivity index (χ2v) is 8.75. The van der Waals surface area contributed by atoms with Crippen molar-refractivity contribution in [1.29, 1.82) is 0 Å². The van der Waals surface area contributed by atoms with Crippen LogP contribution in [0.1, 0.15) is 17.9 Å². The standard InChI is InChI=1S/C14H16N2O5S2/c1-8-13(9(2)21-15-8)11-3-4-12(22-11)23(19,20)16-6-5-10(7-16)14(17)18/h3-4,10H,5-7H2,1-2H3,(H,17,18). The molecule has 1 fully saturated rings. The van der Waals surface area contributed by atoms with Gasteiger partial charge in [-0.25, -0.2) is 8.42 Å². The molecule has 0 aliphatic carbocycles. The van der Waals surface area contributed by atoms with Crippen LogP contribution in [0.3, 0.4) is 0 Å². The number of rotatable bonds is 4. The van der Waals surface area contributed by atoms with E-state index >= 15 is 0 Å². The van der Waals surface area contributed by atoms with E-state index in [2.05, 4.69) is 5.16 Å². The Labute approximate surface area is 137 Å². The van der Waals surface area contributed by atoms with Gasteiger partial charge in [0.25, 0.3) is 10.0 Å². The largest absolute Gasteiger partial charge is 0.481 e. The van der Waals surface area contributed by atoms with Crippen molar-refractivity contribution < 1.29 is 22.8 Å². The Balaban J connectivity index is 1.90. The van der Waals surface area contributed by atoms with Crippen molar-refractivity contribution in [3.05, 3.63) is 23.6 Å². The van der Waals surface area contributed by atoms with Gasteiger partial charge in [-0.2, -0.15) is 4.31 Å². The zero-order chi connectivity index (χ0) is 16.8. The Morgan fingerprint density at radius 1 is 1.43 bits per heavy atom. The third-order valence-corrected chi connectivity index (χ3v) is 7.39. The minimum absolute atomic E-state index is 0.0240. The molecule has 124 valence electrons. The lowest BCUT2D eigenvalue weighted by atomic mass is 10.1. The molecule has 2 aromatic heterocycles. The van der Waals surface area contributed by atoms with E-state index in [1.54, 1.807) is 26.0 Å². The molecule has 2 aromatic rings. The Bertz CT molecular complexity index is 833. The zero-order valence-corrected chi connectivity index (χ0v) is 14.3. The maximum Gasteiger partial charge on any atom is 0.307 e. The monoisotopic (exact) mass is 356 g/mol. The van der Waals surface area contributed by atoms with E-state index < -0.39 is 21.9 Å². The van der Waals surface area contributed by atoms with Gasteiger partial charge in [-0.15, -0.1) is 11.3 Å². The highest BCUT2D eigenvalue weighted by Crippen LogP contribution is 2.36. The van der Waals surface area contributed by atoms with Crippen molar-refractivity contribution in [2.75, 3.05) is 13.1 Å². The third-order valence-electron chi connectivity index (χ3n) is 3.96. The van der Waals surface area contributed by atoms with Gasteiger partial charge in [0.1, 0.15) is 9.97 Å². The Hall–Kier alpha value is -1.71. The maximum atomic E-state index is 12.7. The van der Waals surface area contributed by atoms with Crippen LogP contribution in [0.2, 0.25) is 0 Å². The predicted octanol–water partition coefficient (Wildman–Crippen LogP) is 2.12. The molecular weight excluding hydrogens is 340 g/mol. The number of aromatic nitrogens is 1. The van der Waals surface area contributed by atoms with E-state index in [4.69, 9.17) is 9.63 Å². The van der Waals surface area contributed by atoms with Gasteiger partial charge in [-0.05, 0) is 32.4 Å². The van der Waals surface area contributed by atoms with Gasteiger partial charge < -0.3 is 9.63 Å². The van der Waals surface area contributed by atoms with Gasteiger partial charge in [0.15, 0.2) is 0 Å². The van der Waals surface area contributed by atoms with Crippen molar-refractivity contribution in [1.82, 2.24) is 9.46 Å². The van der Waals surface area contributed by atoms with Crippen LogP contribution < -0.4 is 0 Å². The Kier molecular flexibility index (Phi) is 4.03. The SMILES string of the molecule is Cc1noc(C)c1-c1ccc(S(=O)(=O)N2CCC(C(=O)O)C2)s1. The second-order valence-electron chi connectivity index (χ2n) is 5.50. The summed E-state index contributed by atoms with van der Waals surface area (Å²) in [4.78, 5) is 11.8. The van der Waals surface area contributed by atoms with Crippen LogP contribution in [0.25, 0.3) is 10.4 Å². The molecule has 0 bridgehead atoms. The Morgan fingerprint density at radius 3 is 2.74 bits per heavy atom. The summed E-state index contributed by atoms with van der Waals surface area (Å²) in [5.74, 6) is -0.947. The highest BCUT2D eigenvalue weighted by atomic mass is 32.2. The molecular formula is C14H16N2O5S2. The lowest BCUT2D eigenvalue weighted by Crippen LogP contribution is -2.29.